The first-order chi connectivity index (χ1) is 16.6. The van der Waals surface area contributed by atoms with Gasteiger partial charge in [-0.1, -0.05) is 12.1 Å². The molecule has 0 aromatic heterocycles. The topological polar surface area (TPSA) is 63.6 Å². The summed E-state index contributed by atoms with van der Waals surface area (Å²) in [6.45, 7) is 9.98. The predicted octanol–water partition coefficient (Wildman–Crippen LogP) is 6.83. The van der Waals surface area contributed by atoms with E-state index in [-0.39, 0.29) is 5.75 Å². The maximum atomic E-state index is 14.5. The van der Waals surface area contributed by atoms with Crippen LogP contribution in [-0.2, 0) is 21.0 Å². The van der Waals surface area contributed by atoms with Gasteiger partial charge in [0.25, 0.3) is 6.43 Å². The van der Waals surface area contributed by atoms with Crippen molar-refractivity contribution in [3.8, 4) is 5.75 Å². The summed E-state index contributed by atoms with van der Waals surface area (Å²) in [5.41, 5.74) is 5.55. The molecule has 1 unspecified atom stereocenters. The molecule has 1 atom stereocenters. The Hall–Kier alpha value is -2.49. The lowest BCUT2D eigenvalue weighted by Gasteiger charge is -2.23. The van der Waals surface area contributed by atoms with E-state index >= 15 is 0 Å². The monoisotopic (exact) mass is 539 g/mol. The van der Waals surface area contributed by atoms with Crippen LogP contribution in [0.25, 0.3) is 0 Å². The molecule has 0 fully saturated rings. The first-order valence-electron chi connectivity index (χ1n) is 11.2. The average Bonchev–Trinajstić information content (AvgIpc) is 2.70. The number of hydrogen-bond donors (Lipinski definition) is 1. The van der Waals surface area contributed by atoms with Crippen molar-refractivity contribution in [2.45, 2.75) is 67.7 Å². The zero-order valence-corrected chi connectivity index (χ0v) is 22.7. The van der Waals surface area contributed by atoms with Crippen molar-refractivity contribution < 1.29 is 30.9 Å². The van der Waals surface area contributed by atoms with E-state index in [9.17, 15) is 21.6 Å². The summed E-state index contributed by atoms with van der Waals surface area (Å²) >= 11 is 0. The van der Waals surface area contributed by atoms with Gasteiger partial charge in [0.05, 0.1) is 10.9 Å². The predicted molar refractivity (Wildman–Crippen MR) is 137 cm³/mol. The molecule has 0 aliphatic heterocycles. The summed E-state index contributed by atoms with van der Waals surface area (Å²) in [5, 5.41) is -4.23. The van der Waals surface area contributed by atoms with E-state index in [1.807, 2.05) is 39.8 Å². The number of alkyl halides is 3. The van der Waals surface area contributed by atoms with Gasteiger partial charge in [-0.15, -0.1) is 0 Å². The number of rotatable bonds is 8. The molecule has 9 heteroatoms. The lowest BCUT2D eigenvalue weighted by Crippen LogP contribution is -2.46. The van der Waals surface area contributed by atoms with E-state index in [0.29, 0.717) is 11.1 Å². The third-order valence-corrected chi connectivity index (χ3v) is 8.97. The second-order valence-corrected chi connectivity index (χ2v) is 12.8. The Bertz CT molecular complexity index is 1270. The average molecular weight is 540 g/mol. The zero-order valence-electron chi connectivity index (χ0n) is 21.0. The summed E-state index contributed by atoms with van der Waals surface area (Å²) < 4.78 is 77.6. The van der Waals surface area contributed by atoms with Crippen LogP contribution in [0.1, 0.15) is 33.4 Å². The second-order valence-electron chi connectivity index (χ2n) is 9.19. The van der Waals surface area contributed by atoms with E-state index in [4.69, 9.17) is 9.29 Å². The maximum Gasteiger partial charge on any atom is 0.327 e. The lowest BCUT2D eigenvalue weighted by molar-refractivity contribution is -0.0113. The molecule has 36 heavy (non-hydrogen) atoms. The molecule has 1 N–H and O–H groups in total. The molecule has 0 saturated heterocycles. The first-order valence-corrected chi connectivity index (χ1v) is 13.9. The van der Waals surface area contributed by atoms with Gasteiger partial charge in [0.1, 0.15) is 12.4 Å². The van der Waals surface area contributed by atoms with Gasteiger partial charge in [-0.2, -0.15) is 8.42 Å². The largest absolute Gasteiger partial charge is 0.488 e. The summed E-state index contributed by atoms with van der Waals surface area (Å²) in [7, 11) is -6.22. The van der Waals surface area contributed by atoms with Gasteiger partial charge in [0.15, 0.2) is 14.7 Å². The first kappa shape index (κ1) is 28.1. The van der Waals surface area contributed by atoms with Crippen molar-refractivity contribution in [2.24, 2.45) is 0 Å². The van der Waals surface area contributed by atoms with Crippen molar-refractivity contribution >= 4 is 21.0 Å². The molecule has 0 amide bonds. The van der Waals surface area contributed by atoms with Crippen LogP contribution in [0.3, 0.4) is 0 Å². The highest BCUT2D eigenvalue weighted by Crippen LogP contribution is 2.38. The van der Waals surface area contributed by atoms with E-state index in [0.717, 1.165) is 36.9 Å². The minimum Gasteiger partial charge on any atom is -0.488 e. The van der Waals surface area contributed by atoms with E-state index < -0.39 is 39.0 Å². The van der Waals surface area contributed by atoms with E-state index in [2.05, 4.69) is 36.4 Å². The Morgan fingerprint density at radius 1 is 0.778 bits per heavy atom. The van der Waals surface area contributed by atoms with Crippen LogP contribution in [0.5, 0.6) is 5.75 Å². The lowest BCUT2D eigenvalue weighted by atomic mass is 10.1. The van der Waals surface area contributed by atoms with Crippen LogP contribution in [0.4, 0.5) is 13.2 Å². The minimum atomic E-state index is -5.71. The molecule has 0 heterocycles. The summed E-state index contributed by atoms with van der Waals surface area (Å²) in [6.07, 6.45) is -3.98. The molecule has 0 aliphatic carbocycles. The van der Waals surface area contributed by atoms with Crippen molar-refractivity contribution in [2.75, 3.05) is 6.61 Å². The Balaban J connectivity index is 2.11. The fourth-order valence-electron chi connectivity index (χ4n) is 4.19. The van der Waals surface area contributed by atoms with Crippen molar-refractivity contribution in [3.05, 3.63) is 81.9 Å². The van der Waals surface area contributed by atoms with Crippen LogP contribution in [0.15, 0.2) is 63.2 Å². The number of aryl methyl sites for hydroxylation is 6. The van der Waals surface area contributed by atoms with Crippen LogP contribution in [0, 0.1) is 41.5 Å². The Labute approximate surface area is 213 Å². The molecular weight excluding hydrogens is 509 g/mol. The van der Waals surface area contributed by atoms with E-state index in [1.165, 1.54) is 0 Å². The van der Waals surface area contributed by atoms with Crippen LogP contribution in [0.2, 0.25) is 0 Å². The summed E-state index contributed by atoms with van der Waals surface area (Å²) in [5.74, 6) is 0.0921. The van der Waals surface area contributed by atoms with Crippen LogP contribution in [-0.4, -0.2) is 31.0 Å². The normalized spacial score (nSPS) is 13.8. The smallest absolute Gasteiger partial charge is 0.327 e. The fourth-order valence-corrected chi connectivity index (χ4v) is 7.24. The fraction of sp³-hybridized carbons (Fsp3) is 0.333. The molecule has 3 rings (SSSR count). The van der Waals surface area contributed by atoms with Crippen LogP contribution >= 0.6 is 0 Å². The number of hydrogen-bond acceptors (Lipinski definition) is 3. The molecule has 3 aromatic carbocycles. The van der Waals surface area contributed by atoms with Crippen LogP contribution < -0.4 is 4.74 Å². The quantitative estimate of drug-likeness (QED) is 0.252. The molecule has 0 spiro atoms. The summed E-state index contributed by atoms with van der Waals surface area (Å²) in [6, 6.07) is 16.4. The highest BCUT2D eigenvalue weighted by Gasteiger charge is 2.54. The van der Waals surface area contributed by atoms with Crippen molar-refractivity contribution in [3.63, 3.8) is 0 Å². The number of halogens is 3. The maximum absolute atomic E-state index is 14.5. The van der Waals surface area contributed by atoms with Gasteiger partial charge in [-0.05, 0) is 99.2 Å². The standard InChI is InChI=1S/C27H29F3O4S2/c1-16-7-17(2)10-22(9-16)35(23-11-18(3)8-19(4)12-23)24-13-20(5)25(21(6)14-24)34-15-27(30,26(28)29)36(31,32)33/h7-14,26H,15H2,1-6H3/p+1. The molecule has 3 aromatic rings. The van der Waals surface area contributed by atoms with Gasteiger partial charge in [0.2, 0.25) is 0 Å². The third kappa shape index (κ3) is 5.90. The SMILES string of the molecule is Cc1cc(C)cc([S+](c2cc(C)cc(C)c2)c2cc(C)c(OCC(F)(C(F)F)S(=O)(=O)O)c(C)c2)c1. The van der Waals surface area contributed by atoms with Gasteiger partial charge < -0.3 is 4.74 Å². The molecular formula is C27H30F3O4S2+. The van der Waals surface area contributed by atoms with Crippen molar-refractivity contribution in [1.82, 2.24) is 0 Å². The Morgan fingerprint density at radius 3 is 1.47 bits per heavy atom. The Morgan fingerprint density at radius 2 is 1.14 bits per heavy atom. The second kappa shape index (κ2) is 10.5. The molecule has 0 saturated carbocycles. The zero-order chi connectivity index (χ0) is 27.0. The number of benzene rings is 3. The molecule has 194 valence electrons. The molecule has 4 nitrogen and oxygen atoms in total. The van der Waals surface area contributed by atoms with Crippen molar-refractivity contribution in [1.29, 1.82) is 0 Å². The minimum absolute atomic E-state index is 0.0921. The highest BCUT2D eigenvalue weighted by molar-refractivity contribution is 7.97. The Kier molecular flexibility index (Phi) is 8.17. The van der Waals surface area contributed by atoms with Gasteiger partial charge in [0, 0.05) is 12.1 Å². The highest BCUT2D eigenvalue weighted by atomic mass is 32.2. The van der Waals surface area contributed by atoms with E-state index in [1.54, 1.807) is 13.8 Å². The molecule has 0 bridgehead atoms. The molecule has 0 radical (unpaired) electrons. The van der Waals surface area contributed by atoms with Gasteiger partial charge in [-0.25, -0.2) is 13.2 Å². The van der Waals surface area contributed by atoms with Gasteiger partial charge in [-0.3, -0.25) is 4.55 Å². The molecule has 0 aliphatic rings. The number of ether oxygens (including phenoxy) is 1. The van der Waals surface area contributed by atoms with Gasteiger partial charge >= 0.3 is 15.1 Å². The summed E-state index contributed by atoms with van der Waals surface area (Å²) in [4.78, 5) is 3.16. The third-order valence-electron chi connectivity index (χ3n) is 5.70.